The predicted octanol–water partition coefficient (Wildman–Crippen LogP) is 4.14. The molecule has 0 spiro atoms. The number of hydrogen-bond acceptors (Lipinski definition) is 3. The maximum absolute atomic E-state index is 4.35. The van der Waals surface area contributed by atoms with Gasteiger partial charge in [-0.2, -0.15) is 0 Å². The zero-order valence-electron chi connectivity index (χ0n) is 13.2. The van der Waals surface area contributed by atoms with Crippen molar-refractivity contribution in [1.29, 1.82) is 0 Å². The summed E-state index contributed by atoms with van der Waals surface area (Å²) in [6.07, 6.45) is 7.98. The highest BCUT2D eigenvalue weighted by atomic mass is 15.0. The van der Waals surface area contributed by atoms with Gasteiger partial charge in [-0.25, -0.2) is 0 Å². The molecule has 0 radical (unpaired) electrons. The molecule has 1 heterocycles. The molecule has 3 heteroatoms. The largest absolute Gasteiger partial charge is 0.384 e. The van der Waals surface area contributed by atoms with E-state index in [-0.39, 0.29) is 0 Å². The van der Waals surface area contributed by atoms with E-state index in [1.54, 1.807) is 0 Å². The van der Waals surface area contributed by atoms with Crippen LogP contribution in [-0.4, -0.2) is 17.6 Å². The minimum Gasteiger partial charge on any atom is -0.384 e. The van der Waals surface area contributed by atoms with Crippen LogP contribution in [0.4, 0.5) is 11.4 Å². The van der Waals surface area contributed by atoms with Crippen molar-refractivity contribution in [3.63, 3.8) is 0 Å². The van der Waals surface area contributed by atoms with Crippen molar-refractivity contribution in [1.82, 2.24) is 4.98 Å². The molecule has 2 N–H and O–H groups in total. The third kappa shape index (κ3) is 2.07. The Hall–Kier alpha value is -1.25. The molecule has 3 unspecified atom stereocenters. The molecule has 2 aliphatic rings. The maximum atomic E-state index is 4.35. The number of aromatic nitrogens is 1. The lowest BCUT2D eigenvalue weighted by molar-refractivity contribution is 0.155. The normalized spacial score (nSPS) is 34.2. The molecule has 3 nitrogen and oxygen atoms in total. The Morgan fingerprint density at radius 3 is 2.65 bits per heavy atom. The molecular formula is C17H27N3. The van der Waals surface area contributed by atoms with Crippen LogP contribution in [0.3, 0.4) is 0 Å². The Bertz CT molecular complexity index is 492. The number of rotatable bonds is 4. The highest BCUT2D eigenvalue weighted by Gasteiger charge is 2.59. The molecule has 0 amide bonds. The van der Waals surface area contributed by atoms with Gasteiger partial charge < -0.3 is 10.6 Å². The second kappa shape index (κ2) is 4.64. The van der Waals surface area contributed by atoms with Gasteiger partial charge in [0.05, 0.1) is 23.8 Å². The van der Waals surface area contributed by atoms with Gasteiger partial charge in [0.1, 0.15) is 0 Å². The van der Waals surface area contributed by atoms with Crippen molar-refractivity contribution in [2.24, 2.45) is 16.7 Å². The number of nitrogens with zero attached hydrogens (tertiary/aromatic N) is 1. The number of pyridine rings is 1. The van der Waals surface area contributed by atoms with Gasteiger partial charge in [0.15, 0.2) is 0 Å². The van der Waals surface area contributed by atoms with Crippen LogP contribution in [0.15, 0.2) is 18.5 Å². The SMILES string of the molecule is CCNc1cncc(NC2C3(C)CCC(C3)C2(C)C)c1. The fourth-order valence-electron chi connectivity index (χ4n) is 4.65. The first kappa shape index (κ1) is 13.7. The zero-order valence-corrected chi connectivity index (χ0v) is 13.2. The van der Waals surface area contributed by atoms with Crippen LogP contribution < -0.4 is 10.6 Å². The second-order valence-corrected chi connectivity index (χ2v) is 7.49. The van der Waals surface area contributed by atoms with Gasteiger partial charge in [0.2, 0.25) is 0 Å². The monoisotopic (exact) mass is 273 g/mol. The molecule has 2 saturated carbocycles. The minimum atomic E-state index is 0.376. The summed E-state index contributed by atoms with van der Waals surface area (Å²) < 4.78 is 0. The molecule has 2 bridgehead atoms. The van der Waals surface area contributed by atoms with Crippen LogP contribution in [0, 0.1) is 16.7 Å². The van der Waals surface area contributed by atoms with Crippen LogP contribution in [0.1, 0.15) is 47.0 Å². The van der Waals surface area contributed by atoms with Gasteiger partial charge in [-0.3, -0.25) is 4.98 Å². The van der Waals surface area contributed by atoms with Crippen LogP contribution in [-0.2, 0) is 0 Å². The van der Waals surface area contributed by atoms with E-state index >= 15 is 0 Å². The fraction of sp³-hybridized carbons (Fsp3) is 0.706. The summed E-state index contributed by atoms with van der Waals surface area (Å²) in [6, 6.07) is 2.73. The Labute approximate surface area is 122 Å². The molecule has 0 aliphatic heterocycles. The molecule has 110 valence electrons. The van der Waals surface area contributed by atoms with E-state index in [2.05, 4.69) is 49.4 Å². The number of anilines is 2. The predicted molar refractivity (Wildman–Crippen MR) is 85.0 cm³/mol. The quantitative estimate of drug-likeness (QED) is 0.865. The first-order valence-electron chi connectivity index (χ1n) is 7.91. The third-order valence-electron chi connectivity index (χ3n) is 5.70. The Kier molecular flexibility index (Phi) is 3.19. The molecule has 1 aromatic rings. The summed E-state index contributed by atoms with van der Waals surface area (Å²) in [5.74, 6) is 0.870. The van der Waals surface area contributed by atoms with Crippen LogP contribution in [0.2, 0.25) is 0 Å². The van der Waals surface area contributed by atoms with Crippen molar-refractivity contribution >= 4 is 11.4 Å². The highest BCUT2D eigenvalue weighted by molar-refractivity contribution is 5.55. The van der Waals surface area contributed by atoms with Crippen LogP contribution in [0.5, 0.6) is 0 Å². The van der Waals surface area contributed by atoms with E-state index in [1.165, 1.54) is 19.3 Å². The molecule has 20 heavy (non-hydrogen) atoms. The summed E-state index contributed by atoms with van der Waals surface area (Å²) in [4.78, 5) is 4.35. The minimum absolute atomic E-state index is 0.376. The van der Waals surface area contributed by atoms with Crippen molar-refractivity contribution in [3.05, 3.63) is 18.5 Å². The lowest BCUT2D eigenvalue weighted by Crippen LogP contribution is -2.45. The summed E-state index contributed by atoms with van der Waals surface area (Å²) in [5, 5.41) is 7.13. The van der Waals surface area contributed by atoms with E-state index in [9.17, 15) is 0 Å². The standard InChI is InChI=1S/C17H27N3/c1-5-19-13-8-14(11-18-10-13)20-15-16(2,3)12-6-7-17(15,4)9-12/h8,10-12,15,19-20H,5-7,9H2,1-4H3. The lowest BCUT2D eigenvalue weighted by Gasteiger charge is -2.43. The molecule has 0 aromatic carbocycles. The van der Waals surface area contributed by atoms with Crippen molar-refractivity contribution < 1.29 is 0 Å². The van der Waals surface area contributed by atoms with Gasteiger partial charge in [-0.15, -0.1) is 0 Å². The van der Waals surface area contributed by atoms with Gasteiger partial charge >= 0.3 is 0 Å². The molecule has 3 atom stereocenters. The van der Waals surface area contributed by atoms with Crippen molar-refractivity contribution in [3.8, 4) is 0 Å². The first-order valence-corrected chi connectivity index (χ1v) is 7.91. The zero-order chi connectivity index (χ0) is 14.4. The first-order chi connectivity index (χ1) is 9.45. The summed E-state index contributed by atoms with van der Waals surface area (Å²) in [5.41, 5.74) is 3.07. The molecular weight excluding hydrogens is 246 g/mol. The Morgan fingerprint density at radius 2 is 2.00 bits per heavy atom. The van der Waals surface area contributed by atoms with Crippen LogP contribution >= 0.6 is 0 Å². The Morgan fingerprint density at radius 1 is 1.25 bits per heavy atom. The van der Waals surface area contributed by atoms with Gasteiger partial charge in [0, 0.05) is 12.6 Å². The Balaban J connectivity index is 1.82. The summed E-state index contributed by atoms with van der Waals surface area (Å²) in [7, 11) is 0. The molecule has 2 fully saturated rings. The summed E-state index contributed by atoms with van der Waals surface area (Å²) >= 11 is 0. The smallest absolute Gasteiger partial charge is 0.0550 e. The molecule has 2 aliphatic carbocycles. The molecule has 1 aromatic heterocycles. The number of hydrogen-bond donors (Lipinski definition) is 2. The summed E-state index contributed by atoms with van der Waals surface area (Å²) in [6.45, 7) is 10.4. The number of nitrogens with one attached hydrogen (secondary N) is 2. The van der Waals surface area contributed by atoms with Crippen molar-refractivity contribution in [2.75, 3.05) is 17.2 Å². The molecule has 3 rings (SSSR count). The van der Waals surface area contributed by atoms with E-state index in [0.717, 1.165) is 23.8 Å². The van der Waals surface area contributed by atoms with Crippen LogP contribution in [0.25, 0.3) is 0 Å². The van der Waals surface area contributed by atoms with Gasteiger partial charge in [0.25, 0.3) is 0 Å². The average molecular weight is 273 g/mol. The van der Waals surface area contributed by atoms with Gasteiger partial charge in [-0.05, 0) is 49.0 Å². The van der Waals surface area contributed by atoms with E-state index in [0.29, 0.717) is 16.9 Å². The second-order valence-electron chi connectivity index (χ2n) is 7.49. The van der Waals surface area contributed by atoms with Crippen molar-refractivity contribution in [2.45, 2.75) is 53.0 Å². The van der Waals surface area contributed by atoms with E-state index < -0.39 is 0 Å². The number of fused-ring (bicyclic) bond motifs is 2. The topological polar surface area (TPSA) is 37.0 Å². The van der Waals surface area contributed by atoms with E-state index in [4.69, 9.17) is 0 Å². The third-order valence-corrected chi connectivity index (χ3v) is 5.70. The van der Waals surface area contributed by atoms with Gasteiger partial charge in [-0.1, -0.05) is 20.8 Å². The van der Waals surface area contributed by atoms with E-state index in [1.807, 2.05) is 12.4 Å². The highest BCUT2D eigenvalue weighted by Crippen LogP contribution is 2.63. The maximum Gasteiger partial charge on any atom is 0.0550 e. The molecule has 0 saturated heterocycles. The average Bonchev–Trinajstić information content (AvgIpc) is 2.87. The fourth-order valence-corrected chi connectivity index (χ4v) is 4.65. The lowest BCUT2D eigenvalue weighted by atomic mass is 9.68.